The number of aromatic nitrogens is 2. The Labute approximate surface area is 187 Å². The Kier molecular flexibility index (Phi) is 7.62. The third-order valence-corrected chi connectivity index (χ3v) is 5.58. The molecule has 1 aliphatic rings. The standard InChI is InChI=1S/C21H21FN2O7S/c1-11(25)28-17-10-32-21(19(30-13(3)27)18(17)29-12(2)26)31-16-8-15(9-24-20(16)22)14-4-6-23-7-5-14/h4-9,17-19,21H,10H2,1-3H3/t17-,18+,19-,21-/m1/s1. The maximum Gasteiger partial charge on any atom is 0.303 e. The molecule has 2 aromatic rings. The van der Waals surface area contributed by atoms with E-state index in [9.17, 15) is 18.8 Å². The summed E-state index contributed by atoms with van der Waals surface area (Å²) in [5.41, 5.74) is 0.375. The highest BCUT2D eigenvalue weighted by molar-refractivity contribution is 7.99. The number of hydrogen-bond donors (Lipinski definition) is 0. The summed E-state index contributed by atoms with van der Waals surface area (Å²) in [6.07, 6.45) is 1.36. The molecule has 0 bridgehead atoms. The van der Waals surface area contributed by atoms with Gasteiger partial charge in [-0.05, 0) is 23.8 Å². The van der Waals surface area contributed by atoms with E-state index in [1.165, 1.54) is 33.0 Å². The van der Waals surface area contributed by atoms with Gasteiger partial charge in [0.2, 0.25) is 0 Å². The highest BCUT2D eigenvalue weighted by Gasteiger charge is 2.48. The van der Waals surface area contributed by atoms with Gasteiger partial charge in [0, 0.05) is 50.7 Å². The van der Waals surface area contributed by atoms with Crippen LogP contribution in [0.5, 0.6) is 5.75 Å². The van der Waals surface area contributed by atoms with Gasteiger partial charge in [0.25, 0.3) is 5.95 Å². The summed E-state index contributed by atoms with van der Waals surface area (Å²) in [4.78, 5) is 42.6. The van der Waals surface area contributed by atoms with Crippen LogP contribution in [0.15, 0.2) is 36.8 Å². The van der Waals surface area contributed by atoms with Crippen molar-refractivity contribution in [1.29, 1.82) is 0 Å². The van der Waals surface area contributed by atoms with Crippen molar-refractivity contribution in [3.05, 3.63) is 42.7 Å². The van der Waals surface area contributed by atoms with Gasteiger partial charge >= 0.3 is 17.9 Å². The maximum absolute atomic E-state index is 14.5. The molecule has 11 heteroatoms. The van der Waals surface area contributed by atoms with Crippen LogP contribution in [0.25, 0.3) is 11.1 Å². The van der Waals surface area contributed by atoms with E-state index in [4.69, 9.17) is 18.9 Å². The number of halogens is 1. The molecule has 4 atom stereocenters. The van der Waals surface area contributed by atoms with Crippen LogP contribution >= 0.6 is 11.8 Å². The Morgan fingerprint density at radius 1 is 0.969 bits per heavy atom. The predicted octanol–water partition coefficient (Wildman–Crippen LogP) is 2.53. The van der Waals surface area contributed by atoms with Gasteiger partial charge in [-0.25, -0.2) is 4.98 Å². The molecule has 32 heavy (non-hydrogen) atoms. The number of carbonyl (C=O) groups is 3. The van der Waals surface area contributed by atoms with Crippen molar-refractivity contribution in [3.63, 3.8) is 0 Å². The van der Waals surface area contributed by atoms with Crippen LogP contribution in [0.2, 0.25) is 0 Å². The molecule has 1 saturated heterocycles. The van der Waals surface area contributed by atoms with E-state index in [1.54, 1.807) is 24.5 Å². The predicted molar refractivity (Wildman–Crippen MR) is 111 cm³/mol. The Morgan fingerprint density at radius 3 is 2.22 bits per heavy atom. The van der Waals surface area contributed by atoms with Gasteiger partial charge < -0.3 is 18.9 Å². The first-order valence-corrected chi connectivity index (χ1v) is 10.7. The quantitative estimate of drug-likeness (QED) is 0.359. The zero-order valence-corrected chi connectivity index (χ0v) is 18.3. The highest BCUT2D eigenvalue weighted by Crippen LogP contribution is 2.35. The van der Waals surface area contributed by atoms with Gasteiger partial charge in [-0.15, -0.1) is 11.8 Å². The Morgan fingerprint density at radius 2 is 1.59 bits per heavy atom. The van der Waals surface area contributed by atoms with E-state index in [0.717, 1.165) is 17.3 Å². The van der Waals surface area contributed by atoms with Crippen molar-refractivity contribution in [1.82, 2.24) is 9.97 Å². The zero-order chi connectivity index (χ0) is 23.3. The number of hydrogen-bond acceptors (Lipinski definition) is 10. The molecule has 170 valence electrons. The lowest BCUT2D eigenvalue weighted by atomic mass is 10.1. The van der Waals surface area contributed by atoms with Gasteiger partial charge in [0.05, 0.1) is 0 Å². The molecule has 0 radical (unpaired) electrons. The number of thioether (sulfide) groups is 1. The van der Waals surface area contributed by atoms with Gasteiger partial charge in [0.1, 0.15) is 0 Å². The molecular formula is C21H21FN2O7S. The van der Waals surface area contributed by atoms with E-state index < -0.39 is 47.6 Å². The van der Waals surface area contributed by atoms with Gasteiger partial charge in [-0.2, -0.15) is 4.39 Å². The monoisotopic (exact) mass is 464 g/mol. The molecule has 0 aromatic carbocycles. The fourth-order valence-electron chi connectivity index (χ4n) is 3.15. The van der Waals surface area contributed by atoms with Crippen LogP contribution in [-0.4, -0.2) is 57.4 Å². The van der Waals surface area contributed by atoms with Crippen LogP contribution in [-0.2, 0) is 28.6 Å². The lowest BCUT2D eigenvalue weighted by Gasteiger charge is -2.39. The molecule has 1 aliphatic heterocycles. The summed E-state index contributed by atoms with van der Waals surface area (Å²) >= 11 is 1.13. The molecule has 9 nitrogen and oxygen atoms in total. The topological polar surface area (TPSA) is 114 Å². The fourth-order valence-corrected chi connectivity index (χ4v) is 4.36. The first-order chi connectivity index (χ1) is 15.2. The molecule has 0 spiro atoms. The van der Waals surface area contributed by atoms with Crippen LogP contribution in [0.4, 0.5) is 4.39 Å². The molecule has 0 aliphatic carbocycles. The summed E-state index contributed by atoms with van der Waals surface area (Å²) in [6.45, 7) is 3.56. The highest BCUT2D eigenvalue weighted by atomic mass is 32.2. The normalized spacial score (nSPS) is 22.5. The number of carbonyl (C=O) groups excluding carboxylic acids is 3. The van der Waals surface area contributed by atoms with Crippen molar-refractivity contribution in [2.45, 2.75) is 44.5 Å². The van der Waals surface area contributed by atoms with E-state index in [2.05, 4.69) is 9.97 Å². The largest absolute Gasteiger partial charge is 0.471 e. The van der Waals surface area contributed by atoms with Crippen LogP contribution < -0.4 is 4.74 Å². The molecule has 0 saturated carbocycles. The van der Waals surface area contributed by atoms with E-state index in [1.807, 2.05) is 0 Å². The summed E-state index contributed by atoms with van der Waals surface area (Å²) < 4.78 is 36.2. The van der Waals surface area contributed by atoms with Gasteiger partial charge in [-0.1, -0.05) is 0 Å². The van der Waals surface area contributed by atoms with Crippen LogP contribution in [0.1, 0.15) is 20.8 Å². The van der Waals surface area contributed by atoms with Crippen molar-refractivity contribution in [2.75, 3.05) is 5.75 Å². The molecule has 1 fully saturated rings. The average molecular weight is 464 g/mol. The second-order valence-corrected chi connectivity index (χ2v) is 8.00. The average Bonchev–Trinajstić information content (AvgIpc) is 2.73. The Hall–Kier alpha value is -3.21. The third kappa shape index (κ3) is 5.94. The fraction of sp³-hybridized carbons (Fsp3) is 0.381. The van der Waals surface area contributed by atoms with Crippen molar-refractivity contribution in [3.8, 4) is 16.9 Å². The number of rotatable bonds is 6. The minimum Gasteiger partial charge on any atom is -0.471 e. The second-order valence-electron chi connectivity index (χ2n) is 6.86. The Bertz CT molecular complexity index is 991. The minimum absolute atomic E-state index is 0.166. The molecule has 0 unspecified atom stereocenters. The van der Waals surface area contributed by atoms with Gasteiger partial charge in [0.15, 0.2) is 29.5 Å². The van der Waals surface area contributed by atoms with Crippen LogP contribution in [0.3, 0.4) is 0 Å². The molecule has 2 aromatic heterocycles. The number of ether oxygens (including phenoxy) is 4. The van der Waals surface area contributed by atoms with Crippen LogP contribution in [0, 0.1) is 5.95 Å². The second kappa shape index (κ2) is 10.4. The van der Waals surface area contributed by atoms with E-state index in [0.29, 0.717) is 5.56 Å². The molecule has 3 rings (SSSR count). The third-order valence-electron chi connectivity index (χ3n) is 4.37. The zero-order valence-electron chi connectivity index (χ0n) is 17.5. The molecule has 0 amide bonds. The number of pyridine rings is 2. The summed E-state index contributed by atoms with van der Waals surface area (Å²) in [6, 6.07) is 4.92. The summed E-state index contributed by atoms with van der Waals surface area (Å²) in [7, 11) is 0. The summed E-state index contributed by atoms with van der Waals surface area (Å²) in [5.74, 6) is -2.80. The van der Waals surface area contributed by atoms with E-state index >= 15 is 0 Å². The first-order valence-electron chi connectivity index (χ1n) is 9.60. The molecular weight excluding hydrogens is 443 g/mol. The smallest absolute Gasteiger partial charge is 0.303 e. The molecule has 0 N–H and O–H groups in total. The van der Waals surface area contributed by atoms with Crippen molar-refractivity contribution < 1.29 is 37.7 Å². The first kappa shape index (κ1) is 23.5. The van der Waals surface area contributed by atoms with Crippen molar-refractivity contribution >= 4 is 29.7 Å². The molecule has 3 heterocycles. The Balaban J connectivity index is 1.91. The van der Waals surface area contributed by atoms with Gasteiger partial charge in [-0.3, -0.25) is 19.4 Å². The summed E-state index contributed by atoms with van der Waals surface area (Å²) in [5, 5.41) is 0. The van der Waals surface area contributed by atoms with Crippen molar-refractivity contribution in [2.24, 2.45) is 0 Å². The lowest BCUT2D eigenvalue weighted by Crippen LogP contribution is -2.55. The van der Waals surface area contributed by atoms with E-state index in [-0.39, 0.29) is 11.5 Å². The maximum atomic E-state index is 14.5. The number of nitrogens with zero attached hydrogens (tertiary/aromatic N) is 2. The lowest BCUT2D eigenvalue weighted by molar-refractivity contribution is -0.186. The number of esters is 3. The minimum atomic E-state index is -1.16. The SMILES string of the molecule is CC(=O)O[C@@H]1[C@@H](OC(C)=O)[C@H](OC(C)=O)CS[C@H]1Oc1cc(-c2ccncc2)cnc1F.